The summed E-state index contributed by atoms with van der Waals surface area (Å²) in [4.78, 5) is 2.35. The smallest absolute Gasteiger partial charge is 0.165 e. The van der Waals surface area contributed by atoms with Crippen molar-refractivity contribution in [3.8, 4) is 5.75 Å². The van der Waals surface area contributed by atoms with Crippen molar-refractivity contribution < 1.29 is 9.13 Å². The van der Waals surface area contributed by atoms with Crippen LogP contribution in [0.15, 0.2) is 18.2 Å². The first-order valence-corrected chi connectivity index (χ1v) is 7.86. The average Bonchev–Trinajstić information content (AvgIpc) is 2.50. The van der Waals surface area contributed by atoms with E-state index in [0.717, 1.165) is 25.2 Å². The first-order valence-electron chi connectivity index (χ1n) is 7.86. The van der Waals surface area contributed by atoms with E-state index < -0.39 is 0 Å². The van der Waals surface area contributed by atoms with Crippen LogP contribution in [0.1, 0.15) is 45.2 Å². The van der Waals surface area contributed by atoms with Crippen LogP contribution in [0, 0.1) is 11.7 Å². The van der Waals surface area contributed by atoms with Crippen LogP contribution in [0.2, 0.25) is 0 Å². The minimum absolute atomic E-state index is 0.181. The van der Waals surface area contributed by atoms with Gasteiger partial charge in [-0.1, -0.05) is 39.7 Å². The Labute approximate surface area is 128 Å². The number of hydrogen-bond donors (Lipinski definition) is 1. The Morgan fingerprint density at radius 1 is 1.19 bits per heavy atom. The lowest BCUT2D eigenvalue weighted by atomic mass is 10.0. The molecule has 0 fully saturated rings. The maximum Gasteiger partial charge on any atom is 0.165 e. The van der Waals surface area contributed by atoms with E-state index in [2.05, 4.69) is 25.7 Å². The van der Waals surface area contributed by atoms with Crippen molar-refractivity contribution in [2.45, 2.75) is 39.7 Å². The molecule has 3 nitrogen and oxygen atoms in total. The number of halogens is 1. The van der Waals surface area contributed by atoms with E-state index in [1.807, 2.05) is 6.07 Å². The molecule has 0 aromatic heterocycles. The van der Waals surface area contributed by atoms with Crippen LogP contribution in [-0.4, -0.2) is 31.6 Å². The Kier molecular flexibility index (Phi) is 7.68. The van der Waals surface area contributed by atoms with E-state index in [1.165, 1.54) is 26.0 Å². The molecule has 4 heteroatoms. The fraction of sp³-hybridized carbons (Fsp3) is 0.647. The Morgan fingerprint density at radius 3 is 2.33 bits per heavy atom. The molecule has 1 rings (SSSR count). The van der Waals surface area contributed by atoms with Gasteiger partial charge in [-0.2, -0.15) is 0 Å². The number of ether oxygens (including phenoxy) is 1. The molecule has 120 valence electrons. The lowest BCUT2D eigenvalue weighted by molar-refractivity contribution is 0.221. The highest BCUT2D eigenvalue weighted by Crippen LogP contribution is 2.22. The van der Waals surface area contributed by atoms with Crippen LogP contribution < -0.4 is 10.5 Å². The predicted molar refractivity (Wildman–Crippen MR) is 86.1 cm³/mol. The molecule has 0 aliphatic rings. The third-order valence-electron chi connectivity index (χ3n) is 4.18. The van der Waals surface area contributed by atoms with E-state index in [0.29, 0.717) is 5.92 Å². The van der Waals surface area contributed by atoms with E-state index in [-0.39, 0.29) is 17.6 Å². The number of likely N-dealkylation sites (N-methyl/N-ethyl adjacent to an activating group) is 1. The van der Waals surface area contributed by atoms with Crippen LogP contribution in [0.5, 0.6) is 5.75 Å². The van der Waals surface area contributed by atoms with Gasteiger partial charge in [0.25, 0.3) is 0 Å². The van der Waals surface area contributed by atoms with Crippen molar-refractivity contribution in [3.05, 3.63) is 29.6 Å². The van der Waals surface area contributed by atoms with E-state index in [4.69, 9.17) is 10.5 Å². The Bertz CT molecular complexity index is 421. The van der Waals surface area contributed by atoms with Crippen LogP contribution in [0.4, 0.5) is 4.39 Å². The van der Waals surface area contributed by atoms with Gasteiger partial charge in [-0.25, -0.2) is 4.39 Å². The summed E-state index contributed by atoms with van der Waals surface area (Å²) in [5, 5.41) is 0. The minimum atomic E-state index is -0.353. The molecule has 0 amide bonds. The highest BCUT2D eigenvalue weighted by atomic mass is 19.1. The van der Waals surface area contributed by atoms with Gasteiger partial charge in [0.05, 0.1) is 7.11 Å². The molecule has 0 radical (unpaired) electrons. The summed E-state index contributed by atoms with van der Waals surface area (Å²) in [6.07, 6.45) is 2.36. The van der Waals surface area contributed by atoms with Crippen LogP contribution >= 0.6 is 0 Å². The van der Waals surface area contributed by atoms with Gasteiger partial charge in [0.2, 0.25) is 0 Å². The molecular formula is C17H29FN2O. The molecule has 0 saturated carbocycles. The third kappa shape index (κ3) is 5.29. The third-order valence-corrected chi connectivity index (χ3v) is 4.18. The van der Waals surface area contributed by atoms with Crippen molar-refractivity contribution in [1.29, 1.82) is 0 Å². The van der Waals surface area contributed by atoms with Crippen molar-refractivity contribution >= 4 is 0 Å². The summed E-state index contributed by atoms with van der Waals surface area (Å²) in [5.74, 6) is 0.605. The summed E-state index contributed by atoms with van der Waals surface area (Å²) < 4.78 is 18.7. The predicted octanol–water partition coefficient (Wildman–Crippen LogP) is 3.59. The van der Waals surface area contributed by atoms with E-state index in [1.54, 1.807) is 6.07 Å². The zero-order valence-electron chi connectivity index (χ0n) is 13.7. The van der Waals surface area contributed by atoms with Gasteiger partial charge in [0, 0.05) is 19.1 Å². The summed E-state index contributed by atoms with van der Waals surface area (Å²) in [6, 6.07) is 4.79. The van der Waals surface area contributed by atoms with Crippen molar-refractivity contribution in [2.75, 3.05) is 26.7 Å². The molecule has 0 aliphatic carbocycles. The van der Waals surface area contributed by atoms with Crippen LogP contribution in [-0.2, 0) is 0 Å². The van der Waals surface area contributed by atoms with Gasteiger partial charge in [0.1, 0.15) is 0 Å². The number of rotatable bonds is 9. The molecule has 0 spiro atoms. The van der Waals surface area contributed by atoms with Crippen molar-refractivity contribution in [2.24, 2.45) is 11.7 Å². The lowest BCUT2D eigenvalue weighted by Gasteiger charge is -2.28. The second-order valence-corrected chi connectivity index (χ2v) is 5.54. The minimum Gasteiger partial charge on any atom is -0.494 e. The molecule has 1 aromatic rings. The number of hydrogen-bond acceptors (Lipinski definition) is 3. The molecule has 0 saturated heterocycles. The lowest BCUT2D eigenvalue weighted by Crippen LogP contribution is -2.35. The fourth-order valence-electron chi connectivity index (χ4n) is 2.54. The van der Waals surface area contributed by atoms with Gasteiger partial charge >= 0.3 is 0 Å². The fourth-order valence-corrected chi connectivity index (χ4v) is 2.54. The zero-order valence-corrected chi connectivity index (χ0v) is 13.7. The molecule has 21 heavy (non-hydrogen) atoms. The topological polar surface area (TPSA) is 38.5 Å². The van der Waals surface area contributed by atoms with E-state index >= 15 is 0 Å². The maximum absolute atomic E-state index is 13.8. The largest absolute Gasteiger partial charge is 0.494 e. The average molecular weight is 296 g/mol. The summed E-state index contributed by atoms with van der Waals surface area (Å²) >= 11 is 0. The Morgan fingerprint density at radius 2 is 1.86 bits per heavy atom. The molecule has 0 bridgehead atoms. The highest BCUT2D eigenvalue weighted by Gasteiger charge is 2.16. The zero-order chi connectivity index (χ0) is 15.8. The first kappa shape index (κ1) is 17.9. The van der Waals surface area contributed by atoms with Gasteiger partial charge in [-0.05, 0) is 30.2 Å². The molecule has 0 heterocycles. The number of benzene rings is 1. The highest BCUT2D eigenvalue weighted by molar-refractivity contribution is 5.31. The second kappa shape index (κ2) is 9.00. The molecule has 0 aliphatic heterocycles. The molecule has 1 atom stereocenters. The van der Waals surface area contributed by atoms with Gasteiger partial charge < -0.3 is 15.4 Å². The van der Waals surface area contributed by atoms with Crippen molar-refractivity contribution in [3.63, 3.8) is 0 Å². The molecule has 1 unspecified atom stereocenters. The number of nitrogens with two attached hydrogens (primary N) is 1. The molecule has 1 aromatic carbocycles. The van der Waals surface area contributed by atoms with Gasteiger partial charge in [-0.3, -0.25) is 0 Å². The van der Waals surface area contributed by atoms with Gasteiger partial charge in [-0.15, -0.1) is 0 Å². The second-order valence-electron chi connectivity index (χ2n) is 5.54. The normalized spacial score (nSPS) is 13.0. The number of nitrogens with zero attached hydrogens (tertiary/aromatic N) is 1. The molecule has 2 N–H and O–H groups in total. The van der Waals surface area contributed by atoms with Crippen LogP contribution in [0.3, 0.4) is 0 Å². The summed E-state index contributed by atoms with van der Waals surface area (Å²) in [7, 11) is 1.46. The van der Waals surface area contributed by atoms with Crippen LogP contribution in [0.25, 0.3) is 0 Å². The Balaban J connectivity index is 2.69. The van der Waals surface area contributed by atoms with E-state index in [9.17, 15) is 4.39 Å². The van der Waals surface area contributed by atoms with Crippen molar-refractivity contribution in [1.82, 2.24) is 4.90 Å². The molecular weight excluding hydrogens is 267 g/mol. The number of methoxy groups -OCH3 is 1. The first-order chi connectivity index (χ1) is 10.0. The standard InChI is InChI=1S/C17H29FN2O/c1-5-13(6-2)11-20(7-3)12-16(19)14-8-9-17(21-4)15(18)10-14/h8-10,13,16H,5-7,11-12,19H2,1-4H3. The summed E-state index contributed by atoms with van der Waals surface area (Å²) in [5.41, 5.74) is 7.06. The monoisotopic (exact) mass is 296 g/mol. The Hall–Kier alpha value is -1.13. The quantitative estimate of drug-likeness (QED) is 0.757. The SMILES string of the molecule is CCC(CC)CN(CC)CC(N)c1ccc(OC)c(F)c1. The van der Waals surface area contributed by atoms with Gasteiger partial charge in [0.15, 0.2) is 11.6 Å². The maximum atomic E-state index is 13.8. The summed E-state index contributed by atoms with van der Waals surface area (Å²) in [6.45, 7) is 9.35.